The second-order valence-corrected chi connectivity index (χ2v) is 5.13. The molecule has 116 valence electrons. The first-order valence-corrected chi connectivity index (χ1v) is 6.09. The lowest BCUT2D eigenvalue weighted by Crippen LogP contribution is -2.52. The first-order valence-electron chi connectivity index (χ1n) is 6.09. The predicted octanol–water partition coefficient (Wildman–Crippen LogP) is -0.450. The number of methoxy groups -OCH3 is 1. The number of nitrogens with one attached hydrogen (secondary N) is 2. The number of aliphatic hydroxyl groups excluding tert-OH is 1. The minimum atomic E-state index is -1.17. The zero-order valence-electron chi connectivity index (χ0n) is 12.4. The summed E-state index contributed by atoms with van der Waals surface area (Å²) in [5, 5.41) is 13.5. The van der Waals surface area contributed by atoms with Gasteiger partial charge in [-0.3, -0.25) is 4.79 Å². The molecular formula is C12H22N2O6. The highest BCUT2D eigenvalue weighted by atomic mass is 16.6. The van der Waals surface area contributed by atoms with Crippen molar-refractivity contribution >= 4 is 18.0 Å². The number of alkyl carbamates (subject to hydrolysis) is 1. The number of carbonyl (C=O) groups is 3. The highest BCUT2D eigenvalue weighted by molar-refractivity contribution is 5.89. The van der Waals surface area contributed by atoms with E-state index < -0.39 is 42.3 Å². The SMILES string of the molecule is COC(=O)[C@H](CO)NC(=O)C(C)NC(=O)OC(C)(C)C. The van der Waals surface area contributed by atoms with Crippen molar-refractivity contribution in [2.45, 2.75) is 45.4 Å². The van der Waals surface area contributed by atoms with Crippen LogP contribution in [-0.4, -0.2) is 54.5 Å². The Bertz CT molecular complexity index is 363. The number of esters is 1. The van der Waals surface area contributed by atoms with Crippen molar-refractivity contribution in [1.29, 1.82) is 0 Å². The lowest BCUT2D eigenvalue weighted by Gasteiger charge is -2.22. The van der Waals surface area contributed by atoms with E-state index in [0.29, 0.717) is 0 Å². The molecule has 0 aliphatic carbocycles. The van der Waals surface area contributed by atoms with Gasteiger partial charge >= 0.3 is 12.1 Å². The molecule has 0 radical (unpaired) electrons. The second kappa shape index (κ2) is 7.68. The van der Waals surface area contributed by atoms with E-state index in [-0.39, 0.29) is 0 Å². The summed E-state index contributed by atoms with van der Waals surface area (Å²) >= 11 is 0. The summed E-state index contributed by atoms with van der Waals surface area (Å²) in [7, 11) is 1.14. The zero-order chi connectivity index (χ0) is 15.9. The van der Waals surface area contributed by atoms with Crippen molar-refractivity contribution in [3.8, 4) is 0 Å². The van der Waals surface area contributed by atoms with Crippen LogP contribution in [0.1, 0.15) is 27.7 Å². The minimum Gasteiger partial charge on any atom is -0.467 e. The standard InChI is InChI=1S/C12H22N2O6/c1-7(13-11(18)20-12(2,3)4)9(16)14-8(6-15)10(17)19-5/h7-8,15H,6H2,1-5H3,(H,13,18)(H,14,16)/t7?,8-/m0/s1. The molecule has 0 bridgehead atoms. The number of ether oxygens (including phenoxy) is 2. The third-order valence-corrected chi connectivity index (χ3v) is 2.11. The van der Waals surface area contributed by atoms with Gasteiger partial charge in [0.15, 0.2) is 6.04 Å². The third-order valence-electron chi connectivity index (χ3n) is 2.11. The molecule has 0 heterocycles. The number of carbonyl (C=O) groups excluding carboxylic acids is 3. The molecule has 0 fully saturated rings. The first-order chi connectivity index (χ1) is 9.10. The molecule has 0 aromatic heterocycles. The van der Waals surface area contributed by atoms with Gasteiger partial charge in [-0.25, -0.2) is 9.59 Å². The van der Waals surface area contributed by atoms with Crippen molar-refractivity contribution < 1.29 is 29.0 Å². The fourth-order valence-electron chi connectivity index (χ4n) is 1.17. The summed E-state index contributed by atoms with van der Waals surface area (Å²) in [6.45, 7) is 5.89. The van der Waals surface area contributed by atoms with Crippen LogP contribution in [-0.2, 0) is 19.1 Å². The van der Waals surface area contributed by atoms with Crippen LogP contribution in [0.2, 0.25) is 0 Å². The Morgan fingerprint density at radius 3 is 2.15 bits per heavy atom. The molecule has 0 saturated carbocycles. The van der Waals surface area contributed by atoms with Gasteiger partial charge in [-0.15, -0.1) is 0 Å². The summed E-state index contributed by atoms with van der Waals surface area (Å²) in [5.41, 5.74) is -0.681. The van der Waals surface area contributed by atoms with Gasteiger partial charge in [0, 0.05) is 0 Å². The normalized spacial score (nSPS) is 13.9. The van der Waals surface area contributed by atoms with E-state index in [0.717, 1.165) is 7.11 Å². The highest BCUT2D eigenvalue weighted by Crippen LogP contribution is 2.06. The van der Waals surface area contributed by atoms with E-state index in [2.05, 4.69) is 15.4 Å². The smallest absolute Gasteiger partial charge is 0.408 e. The fraction of sp³-hybridized carbons (Fsp3) is 0.750. The quantitative estimate of drug-likeness (QED) is 0.591. The molecular weight excluding hydrogens is 268 g/mol. The van der Waals surface area contributed by atoms with E-state index in [9.17, 15) is 14.4 Å². The van der Waals surface area contributed by atoms with Crippen LogP contribution < -0.4 is 10.6 Å². The summed E-state index contributed by atoms with van der Waals surface area (Å²) < 4.78 is 9.39. The van der Waals surface area contributed by atoms with Crippen LogP contribution in [0.15, 0.2) is 0 Å². The molecule has 0 aromatic carbocycles. The van der Waals surface area contributed by atoms with Crippen LogP contribution in [0.25, 0.3) is 0 Å². The average molecular weight is 290 g/mol. The molecule has 2 atom stereocenters. The molecule has 0 aliphatic heterocycles. The van der Waals surface area contributed by atoms with E-state index in [1.807, 2.05) is 0 Å². The van der Waals surface area contributed by atoms with Gasteiger partial charge < -0.3 is 25.2 Å². The first kappa shape index (κ1) is 18.2. The Morgan fingerprint density at radius 2 is 1.75 bits per heavy atom. The lowest BCUT2D eigenvalue weighted by molar-refractivity contribution is -0.146. The Kier molecular flexibility index (Phi) is 6.98. The van der Waals surface area contributed by atoms with E-state index in [1.54, 1.807) is 20.8 Å². The van der Waals surface area contributed by atoms with Crippen molar-refractivity contribution in [2.75, 3.05) is 13.7 Å². The van der Waals surface area contributed by atoms with Gasteiger partial charge in [0.25, 0.3) is 0 Å². The largest absolute Gasteiger partial charge is 0.467 e. The number of aliphatic hydroxyl groups is 1. The minimum absolute atomic E-state index is 0.600. The Balaban J connectivity index is 4.41. The molecule has 8 nitrogen and oxygen atoms in total. The van der Waals surface area contributed by atoms with Gasteiger partial charge in [-0.2, -0.15) is 0 Å². The Morgan fingerprint density at radius 1 is 1.20 bits per heavy atom. The van der Waals surface area contributed by atoms with Crippen molar-refractivity contribution in [3.63, 3.8) is 0 Å². The number of hydrogen-bond donors (Lipinski definition) is 3. The molecule has 0 aromatic rings. The van der Waals surface area contributed by atoms with Crippen molar-refractivity contribution in [2.24, 2.45) is 0 Å². The summed E-state index contributed by atoms with van der Waals surface area (Å²) in [6.07, 6.45) is -0.751. The Hall–Kier alpha value is -1.83. The maximum atomic E-state index is 11.7. The molecule has 8 heteroatoms. The van der Waals surface area contributed by atoms with Gasteiger partial charge in [0.1, 0.15) is 11.6 Å². The van der Waals surface area contributed by atoms with Gasteiger partial charge in [-0.1, -0.05) is 0 Å². The third kappa shape index (κ3) is 6.93. The zero-order valence-corrected chi connectivity index (χ0v) is 12.4. The lowest BCUT2D eigenvalue weighted by atomic mass is 10.2. The Labute approximate surface area is 117 Å². The maximum absolute atomic E-state index is 11.7. The molecule has 0 rings (SSSR count). The van der Waals surface area contributed by atoms with E-state index >= 15 is 0 Å². The second-order valence-electron chi connectivity index (χ2n) is 5.13. The maximum Gasteiger partial charge on any atom is 0.408 e. The van der Waals surface area contributed by atoms with Gasteiger partial charge in [0.2, 0.25) is 5.91 Å². The molecule has 0 spiro atoms. The van der Waals surface area contributed by atoms with Gasteiger partial charge in [0.05, 0.1) is 13.7 Å². The van der Waals surface area contributed by atoms with Crippen LogP contribution in [0.5, 0.6) is 0 Å². The molecule has 20 heavy (non-hydrogen) atoms. The van der Waals surface area contributed by atoms with Crippen LogP contribution in [0.4, 0.5) is 4.79 Å². The summed E-state index contributed by atoms with van der Waals surface area (Å²) in [4.78, 5) is 34.4. The fourth-order valence-corrected chi connectivity index (χ4v) is 1.17. The number of rotatable bonds is 5. The van der Waals surface area contributed by atoms with Crippen LogP contribution in [0, 0.1) is 0 Å². The van der Waals surface area contributed by atoms with Crippen molar-refractivity contribution in [3.05, 3.63) is 0 Å². The predicted molar refractivity (Wildman–Crippen MR) is 69.9 cm³/mol. The monoisotopic (exact) mass is 290 g/mol. The molecule has 1 unspecified atom stereocenters. The number of hydrogen-bond acceptors (Lipinski definition) is 6. The summed E-state index contributed by atoms with van der Waals surface area (Å²) in [6, 6.07) is -2.10. The number of amides is 2. The van der Waals surface area contributed by atoms with Crippen LogP contribution >= 0.6 is 0 Å². The molecule has 0 saturated heterocycles. The topological polar surface area (TPSA) is 114 Å². The van der Waals surface area contributed by atoms with E-state index in [1.165, 1.54) is 6.92 Å². The molecule has 3 N–H and O–H groups in total. The van der Waals surface area contributed by atoms with Crippen molar-refractivity contribution in [1.82, 2.24) is 10.6 Å². The van der Waals surface area contributed by atoms with Crippen LogP contribution in [0.3, 0.4) is 0 Å². The molecule has 2 amide bonds. The highest BCUT2D eigenvalue weighted by Gasteiger charge is 2.25. The van der Waals surface area contributed by atoms with Gasteiger partial charge in [-0.05, 0) is 27.7 Å². The van der Waals surface area contributed by atoms with E-state index in [4.69, 9.17) is 9.84 Å². The molecule has 0 aliphatic rings. The average Bonchev–Trinajstić information content (AvgIpc) is 2.31. The summed E-state index contributed by atoms with van der Waals surface area (Å²) in [5.74, 6) is -1.41.